The van der Waals surface area contributed by atoms with Crippen molar-refractivity contribution in [3.05, 3.63) is 143 Å². The number of likely N-dealkylation sites (tertiary alicyclic amines) is 1. The third-order valence-electron chi connectivity index (χ3n) is 9.02. The van der Waals surface area contributed by atoms with Crippen molar-refractivity contribution in [2.24, 2.45) is 0 Å². The molecule has 3 amide bonds. The summed E-state index contributed by atoms with van der Waals surface area (Å²) in [7, 11) is 1.72. The number of hydrogen-bond donors (Lipinski definition) is 1. The minimum absolute atomic E-state index is 0.180. The first kappa shape index (κ1) is 32.6. The summed E-state index contributed by atoms with van der Waals surface area (Å²) in [4.78, 5) is 43.0. The highest BCUT2D eigenvalue weighted by Gasteiger charge is 2.30. The average molecular weight is 643 g/mol. The van der Waals surface area contributed by atoms with Crippen LogP contribution < -0.4 is 5.32 Å². The van der Waals surface area contributed by atoms with Crippen molar-refractivity contribution in [1.29, 1.82) is 0 Å². The number of nitrogens with zero attached hydrogens (tertiary/aromatic N) is 3. The lowest BCUT2D eigenvalue weighted by atomic mass is 9.83. The molecule has 246 valence electrons. The average Bonchev–Trinajstić information content (AvgIpc) is 3.69. The maximum absolute atomic E-state index is 14.4. The second kappa shape index (κ2) is 15.5. The fourth-order valence-electron chi connectivity index (χ4n) is 6.58. The molecule has 1 N–H and O–H groups in total. The Hall–Kier alpha value is -5.37. The first-order valence-electron chi connectivity index (χ1n) is 16.7. The van der Waals surface area contributed by atoms with Crippen LogP contribution in [0.15, 0.2) is 115 Å². The van der Waals surface area contributed by atoms with Gasteiger partial charge in [-0.25, -0.2) is 4.79 Å². The van der Waals surface area contributed by atoms with Crippen molar-refractivity contribution in [1.82, 2.24) is 19.7 Å². The first-order valence-corrected chi connectivity index (χ1v) is 16.7. The normalized spacial score (nSPS) is 12.9. The number of carbonyl (C=O) groups is 3. The van der Waals surface area contributed by atoms with Gasteiger partial charge < -0.3 is 24.4 Å². The zero-order valence-electron chi connectivity index (χ0n) is 27.4. The Balaban J connectivity index is 1.34. The van der Waals surface area contributed by atoms with E-state index in [-0.39, 0.29) is 24.3 Å². The summed E-state index contributed by atoms with van der Waals surface area (Å²) >= 11 is 0. The van der Waals surface area contributed by atoms with Gasteiger partial charge in [-0.3, -0.25) is 9.59 Å². The van der Waals surface area contributed by atoms with Gasteiger partial charge in [-0.15, -0.1) is 0 Å². The Kier molecular flexibility index (Phi) is 10.5. The molecule has 5 aromatic rings. The van der Waals surface area contributed by atoms with Gasteiger partial charge in [0.05, 0.1) is 0 Å². The summed E-state index contributed by atoms with van der Waals surface area (Å²) in [6.45, 7) is 2.76. The van der Waals surface area contributed by atoms with E-state index in [1.54, 1.807) is 11.9 Å². The lowest BCUT2D eigenvalue weighted by Crippen LogP contribution is -2.34. The zero-order valence-corrected chi connectivity index (χ0v) is 27.4. The van der Waals surface area contributed by atoms with Gasteiger partial charge >= 0.3 is 6.09 Å². The molecule has 2 heterocycles. The van der Waals surface area contributed by atoms with Crippen molar-refractivity contribution in [2.45, 2.75) is 38.3 Å². The number of aromatic nitrogens is 1. The van der Waals surface area contributed by atoms with Gasteiger partial charge in [0.1, 0.15) is 12.3 Å². The van der Waals surface area contributed by atoms with E-state index in [9.17, 15) is 14.4 Å². The number of ether oxygens (including phenoxy) is 1. The Morgan fingerprint density at radius 2 is 1.46 bits per heavy atom. The smallest absolute Gasteiger partial charge is 0.409 e. The van der Waals surface area contributed by atoms with Crippen molar-refractivity contribution in [2.75, 3.05) is 33.2 Å². The summed E-state index contributed by atoms with van der Waals surface area (Å²) in [5.74, 6) is -0.209. The van der Waals surface area contributed by atoms with Crippen LogP contribution in [0.25, 0.3) is 10.9 Å². The SMILES string of the molecule is CN(CCn1c(C(=O)NCCCN2CCCC2=O)c(C(c2ccccc2)c2ccccc2)c2ccccc21)C(=O)OCc1ccccc1. The highest BCUT2D eigenvalue weighted by Crippen LogP contribution is 2.40. The van der Waals surface area contributed by atoms with Gasteiger partial charge in [-0.1, -0.05) is 109 Å². The molecule has 0 unspecified atom stereocenters. The summed E-state index contributed by atoms with van der Waals surface area (Å²) in [6, 6.07) is 38.2. The number of likely N-dealkylation sites (N-methyl/N-ethyl adjacent to an activating group) is 1. The summed E-state index contributed by atoms with van der Waals surface area (Å²) in [5.41, 5.74) is 5.48. The molecule has 1 fully saturated rings. The van der Waals surface area contributed by atoms with Crippen LogP contribution in [0.4, 0.5) is 4.79 Å². The monoisotopic (exact) mass is 642 g/mol. The molecule has 0 spiro atoms. The second-order valence-corrected chi connectivity index (χ2v) is 12.2. The minimum Gasteiger partial charge on any atom is -0.445 e. The van der Waals surface area contributed by atoms with Crippen LogP contribution in [-0.4, -0.2) is 65.5 Å². The molecule has 1 aliphatic heterocycles. The Bertz CT molecular complexity index is 1800. The molecular weight excluding hydrogens is 600 g/mol. The minimum atomic E-state index is -0.426. The van der Waals surface area contributed by atoms with Crippen LogP contribution in [0.3, 0.4) is 0 Å². The fourth-order valence-corrected chi connectivity index (χ4v) is 6.58. The van der Waals surface area contributed by atoms with E-state index in [1.807, 2.05) is 94.4 Å². The number of fused-ring (bicyclic) bond motifs is 1. The Labute approximate surface area is 281 Å². The standard InChI is InChI=1S/C40H42N4O4/c1-42(40(47)48-29-30-15-5-2-6-16-30)27-28-44-34-22-12-11-21-33(34)37(36(31-17-7-3-8-18-31)32-19-9-4-10-20-32)38(44)39(46)41-24-14-26-43-25-13-23-35(43)45/h2-12,15-22,36H,13-14,23-29H2,1H3,(H,41,46). The van der Waals surface area contributed by atoms with Gasteiger partial charge in [0.15, 0.2) is 0 Å². The van der Waals surface area contributed by atoms with Crippen molar-refractivity contribution >= 4 is 28.8 Å². The van der Waals surface area contributed by atoms with Crippen molar-refractivity contribution in [3.63, 3.8) is 0 Å². The van der Waals surface area contributed by atoms with Crippen LogP contribution in [-0.2, 0) is 22.7 Å². The number of nitrogens with one attached hydrogen (secondary N) is 1. The molecular formula is C40H42N4O4. The predicted octanol–water partition coefficient (Wildman–Crippen LogP) is 6.83. The Morgan fingerprint density at radius 1 is 0.833 bits per heavy atom. The number of amides is 3. The molecule has 8 heteroatoms. The van der Waals surface area contributed by atoms with Gasteiger partial charge in [-0.2, -0.15) is 0 Å². The molecule has 1 saturated heterocycles. The van der Waals surface area contributed by atoms with Crippen LogP contribution >= 0.6 is 0 Å². The Morgan fingerprint density at radius 3 is 2.10 bits per heavy atom. The van der Waals surface area contributed by atoms with E-state index >= 15 is 0 Å². The molecule has 0 radical (unpaired) electrons. The van der Waals surface area contributed by atoms with Crippen molar-refractivity contribution < 1.29 is 19.1 Å². The first-order chi connectivity index (χ1) is 23.5. The van der Waals surface area contributed by atoms with Gasteiger partial charge in [0.25, 0.3) is 5.91 Å². The maximum atomic E-state index is 14.4. The number of hydrogen-bond acceptors (Lipinski definition) is 4. The molecule has 6 rings (SSSR count). The van der Waals surface area contributed by atoms with E-state index in [0.29, 0.717) is 44.7 Å². The topological polar surface area (TPSA) is 83.9 Å². The van der Waals surface area contributed by atoms with Crippen LogP contribution in [0.5, 0.6) is 0 Å². The molecule has 0 aliphatic carbocycles. The zero-order chi connectivity index (χ0) is 33.3. The molecule has 48 heavy (non-hydrogen) atoms. The third-order valence-corrected chi connectivity index (χ3v) is 9.02. The number of rotatable bonds is 13. The molecule has 0 saturated carbocycles. The molecule has 4 aromatic carbocycles. The van der Waals surface area contributed by atoms with E-state index in [2.05, 4.69) is 35.6 Å². The molecule has 8 nitrogen and oxygen atoms in total. The van der Waals surface area contributed by atoms with E-state index in [0.717, 1.165) is 46.1 Å². The van der Waals surface area contributed by atoms with Crippen LogP contribution in [0, 0.1) is 0 Å². The van der Waals surface area contributed by atoms with E-state index < -0.39 is 6.09 Å². The quantitative estimate of drug-likeness (QED) is 0.143. The number of benzene rings is 4. The maximum Gasteiger partial charge on any atom is 0.409 e. The summed E-state index contributed by atoms with van der Waals surface area (Å²) < 4.78 is 7.63. The van der Waals surface area contributed by atoms with Gasteiger partial charge in [0.2, 0.25) is 5.91 Å². The lowest BCUT2D eigenvalue weighted by molar-refractivity contribution is -0.127. The summed E-state index contributed by atoms with van der Waals surface area (Å²) in [6.07, 6.45) is 1.74. The van der Waals surface area contributed by atoms with Crippen LogP contribution in [0.2, 0.25) is 0 Å². The fraction of sp³-hybridized carbons (Fsp3) is 0.275. The molecule has 0 atom stereocenters. The highest BCUT2D eigenvalue weighted by atomic mass is 16.6. The second-order valence-electron chi connectivity index (χ2n) is 12.2. The van der Waals surface area contributed by atoms with Crippen molar-refractivity contribution in [3.8, 4) is 0 Å². The number of para-hydroxylation sites is 1. The number of carbonyl (C=O) groups excluding carboxylic acids is 3. The van der Waals surface area contributed by atoms with E-state index in [4.69, 9.17) is 4.74 Å². The summed E-state index contributed by atoms with van der Waals surface area (Å²) in [5, 5.41) is 4.17. The molecule has 0 bridgehead atoms. The van der Waals surface area contributed by atoms with E-state index in [1.165, 1.54) is 0 Å². The predicted molar refractivity (Wildman–Crippen MR) is 188 cm³/mol. The van der Waals surface area contributed by atoms with Gasteiger partial charge in [0, 0.05) is 68.6 Å². The molecule has 1 aromatic heterocycles. The highest BCUT2D eigenvalue weighted by molar-refractivity contribution is 6.03. The lowest BCUT2D eigenvalue weighted by Gasteiger charge is -2.22. The van der Waals surface area contributed by atoms with Gasteiger partial charge in [-0.05, 0) is 35.6 Å². The molecule has 1 aliphatic rings. The largest absolute Gasteiger partial charge is 0.445 e. The van der Waals surface area contributed by atoms with Crippen LogP contribution in [0.1, 0.15) is 57.9 Å². The third kappa shape index (κ3) is 7.44.